The number of aliphatic hydroxyl groups is 1. The molecule has 1 heteroatoms. The average molecular weight is 228 g/mol. The van der Waals surface area contributed by atoms with Crippen molar-refractivity contribution in [1.29, 1.82) is 0 Å². The van der Waals surface area contributed by atoms with Crippen LogP contribution in [0, 0.1) is 0 Å². The standard InChI is InChI=1S/C13H12.C3H8O/c1-3-7-12(8-4-1)11-13-9-5-2-6-10-13;1-2-3-4/h1-10H,11H2;4H,2-3H2,1H3. The van der Waals surface area contributed by atoms with Gasteiger partial charge >= 0.3 is 0 Å². The molecule has 0 aromatic heterocycles. The van der Waals surface area contributed by atoms with E-state index < -0.39 is 0 Å². The Morgan fingerprint density at radius 1 is 0.765 bits per heavy atom. The zero-order chi connectivity index (χ0) is 12.3. The first-order chi connectivity index (χ1) is 8.36. The van der Waals surface area contributed by atoms with Crippen molar-refractivity contribution in [1.82, 2.24) is 0 Å². The number of hydrogen-bond acceptors (Lipinski definition) is 1. The molecule has 0 aliphatic carbocycles. The van der Waals surface area contributed by atoms with Gasteiger partial charge in [-0.15, -0.1) is 0 Å². The molecule has 0 aliphatic heterocycles. The van der Waals surface area contributed by atoms with E-state index in [-0.39, 0.29) is 0 Å². The van der Waals surface area contributed by atoms with Gasteiger partial charge in [0, 0.05) is 6.61 Å². The number of rotatable bonds is 3. The lowest BCUT2D eigenvalue weighted by atomic mass is 10.1. The fourth-order valence-corrected chi connectivity index (χ4v) is 1.43. The van der Waals surface area contributed by atoms with E-state index in [2.05, 4.69) is 60.7 Å². The molecule has 2 rings (SSSR count). The molecule has 0 spiro atoms. The summed E-state index contributed by atoms with van der Waals surface area (Å²) in [4.78, 5) is 0. The molecule has 0 bridgehead atoms. The summed E-state index contributed by atoms with van der Waals surface area (Å²) in [6.45, 7) is 2.25. The van der Waals surface area contributed by atoms with Crippen molar-refractivity contribution < 1.29 is 5.11 Å². The van der Waals surface area contributed by atoms with Gasteiger partial charge in [-0.1, -0.05) is 67.6 Å². The Hall–Kier alpha value is -1.60. The van der Waals surface area contributed by atoms with E-state index in [1.165, 1.54) is 11.1 Å². The molecule has 0 atom stereocenters. The molecule has 0 fully saturated rings. The van der Waals surface area contributed by atoms with Gasteiger partial charge in [0.1, 0.15) is 0 Å². The second-order valence-corrected chi connectivity index (χ2v) is 3.87. The van der Waals surface area contributed by atoms with Gasteiger partial charge in [-0.25, -0.2) is 0 Å². The highest BCUT2D eigenvalue weighted by Gasteiger charge is 1.92. The summed E-state index contributed by atoms with van der Waals surface area (Å²) in [5, 5.41) is 7.88. The third-order valence-corrected chi connectivity index (χ3v) is 2.32. The SMILES string of the molecule is CCCO.c1ccc(Cc2ccccc2)cc1. The molecule has 0 saturated heterocycles. The fraction of sp³-hybridized carbons (Fsp3) is 0.250. The molecule has 1 N–H and O–H groups in total. The molecule has 2 aromatic rings. The molecule has 0 unspecified atom stereocenters. The van der Waals surface area contributed by atoms with Crippen molar-refractivity contribution in [2.45, 2.75) is 19.8 Å². The smallest absolute Gasteiger partial charge is 0.0428 e. The van der Waals surface area contributed by atoms with E-state index >= 15 is 0 Å². The van der Waals surface area contributed by atoms with E-state index in [1.807, 2.05) is 6.92 Å². The first kappa shape index (κ1) is 13.5. The molecule has 0 aliphatic rings. The fourth-order valence-electron chi connectivity index (χ4n) is 1.43. The highest BCUT2D eigenvalue weighted by Crippen LogP contribution is 2.07. The van der Waals surface area contributed by atoms with Gasteiger partial charge in [0.15, 0.2) is 0 Å². The minimum atomic E-state index is 0.319. The first-order valence-electron chi connectivity index (χ1n) is 6.05. The van der Waals surface area contributed by atoms with E-state index in [0.29, 0.717) is 6.61 Å². The van der Waals surface area contributed by atoms with Gasteiger partial charge in [0.25, 0.3) is 0 Å². The van der Waals surface area contributed by atoms with Crippen LogP contribution < -0.4 is 0 Å². The Kier molecular flexibility index (Phi) is 6.76. The monoisotopic (exact) mass is 228 g/mol. The van der Waals surface area contributed by atoms with Crippen LogP contribution in [-0.4, -0.2) is 11.7 Å². The maximum atomic E-state index is 7.88. The van der Waals surface area contributed by atoms with Crippen molar-refractivity contribution in [2.75, 3.05) is 6.61 Å². The molecule has 0 saturated carbocycles. The maximum Gasteiger partial charge on any atom is 0.0428 e. The van der Waals surface area contributed by atoms with Gasteiger partial charge in [-0.3, -0.25) is 0 Å². The second kappa shape index (κ2) is 8.54. The molecule has 90 valence electrons. The third-order valence-electron chi connectivity index (χ3n) is 2.32. The lowest BCUT2D eigenvalue weighted by Gasteiger charge is -2.00. The lowest BCUT2D eigenvalue weighted by Crippen LogP contribution is -1.85. The highest BCUT2D eigenvalue weighted by molar-refractivity contribution is 5.25. The Morgan fingerprint density at radius 2 is 1.12 bits per heavy atom. The van der Waals surface area contributed by atoms with Gasteiger partial charge in [0.2, 0.25) is 0 Å². The largest absolute Gasteiger partial charge is 0.396 e. The van der Waals surface area contributed by atoms with Crippen LogP contribution in [0.1, 0.15) is 24.5 Å². The molecule has 2 aromatic carbocycles. The van der Waals surface area contributed by atoms with Crippen LogP contribution in [0.5, 0.6) is 0 Å². The summed E-state index contributed by atoms with van der Waals surface area (Å²) >= 11 is 0. The van der Waals surface area contributed by atoms with E-state index in [9.17, 15) is 0 Å². The van der Waals surface area contributed by atoms with Crippen molar-refractivity contribution in [3.05, 3.63) is 71.8 Å². The first-order valence-corrected chi connectivity index (χ1v) is 6.05. The summed E-state index contributed by atoms with van der Waals surface area (Å²) in [5.41, 5.74) is 2.74. The van der Waals surface area contributed by atoms with Crippen LogP contribution in [0.3, 0.4) is 0 Å². The number of hydrogen-bond donors (Lipinski definition) is 1. The van der Waals surface area contributed by atoms with Crippen LogP contribution in [0.2, 0.25) is 0 Å². The van der Waals surface area contributed by atoms with Crippen LogP contribution in [0.25, 0.3) is 0 Å². The minimum absolute atomic E-state index is 0.319. The van der Waals surface area contributed by atoms with E-state index in [1.54, 1.807) is 0 Å². The topological polar surface area (TPSA) is 20.2 Å². The second-order valence-electron chi connectivity index (χ2n) is 3.87. The maximum absolute atomic E-state index is 7.88. The van der Waals surface area contributed by atoms with Crippen molar-refractivity contribution in [3.63, 3.8) is 0 Å². The van der Waals surface area contributed by atoms with Crippen LogP contribution in [0.15, 0.2) is 60.7 Å². The predicted octanol–water partition coefficient (Wildman–Crippen LogP) is 3.67. The summed E-state index contributed by atoms with van der Waals surface area (Å²) in [5.74, 6) is 0. The van der Waals surface area contributed by atoms with E-state index in [4.69, 9.17) is 5.11 Å². The summed E-state index contributed by atoms with van der Waals surface area (Å²) < 4.78 is 0. The Bertz CT molecular complexity index is 341. The molecule has 17 heavy (non-hydrogen) atoms. The van der Waals surface area contributed by atoms with Gasteiger partial charge in [-0.05, 0) is 24.0 Å². The van der Waals surface area contributed by atoms with Crippen molar-refractivity contribution >= 4 is 0 Å². The zero-order valence-electron chi connectivity index (χ0n) is 10.3. The van der Waals surface area contributed by atoms with E-state index in [0.717, 1.165) is 12.8 Å². The highest BCUT2D eigenvalue weighted by atomic mass is 16.2. The molecular weight excluding hydrogens is 208 g/mol. The quantitative estimate of drug-likeness (QED) is 0.850. The van der Waals surface area contributed by atoms with Crippen LogP contribution in [-0.2, 0) is 6.42 Å². The zero-order valence-corrected chi connectivity index (χ0v) is 10.3. The Labute approximate surface area is 104 Å². The number of benzene rings is 2. The molecular formula is C16H20O. The lowest BCUT2D eigenvalue weighted by molar-refractivity contribution is 0.295. The third kappa shape index (κ3) is 5.88. The summed E-state index contributed by atoms with van der Waals surface area (Å²) in [6.07, 6.45) is 1.90. The van der Waals surface area contributed by atoms with Crippen molar-refractivity contribution in [2.24, 2.45) is 0 Å². The van der Waals surface area contributed by atoms with Gasteiger partial charge in [-0.2, -0.15) is 0 Å². The molecule has 1 nitrogen and oxygen atoms in total. The average Bonchev–Trinajstić information content (AvgIpc) is 2.41. The Morgan fingerprint density at radius 3 is 1.41 bits per heavy atom. The molecule has 0 heterocycles. The van der Waals surface area contributed by atoms with Crippen molar-refractivity contribution in [3.8, 4) is 0 Å². The summed E-state index contributed by atoms with van der Waals surface area (Å²) in [7, 11) is 0. The van der Waals surface area contributed by atoms with Crippen LogP contribution in [0.4, 0.5) is 0 Å². The molecule has 0 radical (unpaired) electrons. The predicted molar refractivity (Wildman–Crippen MR) is 73.1 cm³/mol. The van der Waals surface area contributed by atoms with Gasteiger partial charge < -0.3 is 5.11 Å². The Balaban J connectivity index is 0.000000317. The normalized spacial score (nSPS) is 9.29. The molecule has 0 amide bonds. The van der Waals surface area contributed by atoms with Crippen LogP contribution >= 0.6 is 0 Å². The number of aliphatic hydroxyl groups excluding tert-OH is 1. The van der Waals surface area contributed by atoms with Gasteiger partial charge in [0.05, 0.1) is 0 Å². The minimum Gasteiger partial charge on any atom is -0.396 e. The summed E-state index contributed by atoms with van der Waals surface area (Å²) in [6, 6.07) is 21.1.